The van der Waals surface area contributed by atoms with Gasteiger partial charge in [0.1, 0.15) is 23.0 Å². The van der Waals surface area contributed by atoms with E-state index < -0.39 is 11.6 Å². The molecule has 1 N–H and O–H groups in total. The number of hydrogen-bond acceptors (Lipinski definition) is 6. The highest BCUT2D eigenvalue weighted by molar-refractivity contribution is 5.98. The summed E-state index contributed by atoms with van der Waals surface area (Å²) in [5.41, 5.74) is 0.841. The van der Waals surface area contributed by atoms with Crippen LogP contribution in [0, 0.1) is 11.3 Å². The number of aliphatic hydroxyl groups is 1. The van der Waals surface area contributed by atoms with Crippen molar-refractivity contribution >= 4 is 17.7 Å². The number of methoxy groups -OCH3 is 1. The molecule has 0 heterocycles. The van der Waals surface area contributed by atoms with E-state index in [0.29, 0.717) is 17.7 Å². The van der Waals surface area contributed by atoms with E-state index >= 15 is 0 Å². The molecular weight excluding hydrogens is 344 g/mol. The van der Waals surface area contributed by atoms with E-state index in [-0.39, 0.29) is 12.2 Å². The standard InChI is InChI=1S/C21H30N2O4/c1-6-10-23(11-7-12-24)18-9-8-16(19(14-18)26-5)13-17(15-22)20(25)27-21(2,3)4/h8-9,13-14,24H,6-7,10-12H2,1-5H3/b17-13+. The first kappa shape index (κ1) is 22.5. The van der Waals surface area contributed by atoms with Gasteiger partial charge in [-0.2, -0.15) is 5.26 Å². The van der Waals surface area contributed by atoms with Crippen LogP contribution in [0.1, 0.15) is 46.1 Å². The smallest absolute Gasteiger partial charge is 0.349 e. The summed E-state index contributed by atoms with van der Waals surface area (Å²) in [4.78, 5) is 14.4. The first-order valence-corrected chi connectivity index (χ1v) is 9.14. The van der Waals surface area contributed by atoms with Crippen LogP contribution < -0.4 is 9.64 Å². The van der Waals surface area contributed by atoms with Crippen molar-refractivity contribution in [3.63, 3.8) is 0 Å². The number of nitriles is 1. The lowest BCUT2D eigenvalue weighted by Gasteiger charge is -2.25. The van der Waals surface area contributed by atoms with Crippen molar-refractivity contribution in [1.82, 2.24) is 0 Å². The molecule has 27 heavy (non-hydrogen) atoms. The van der Waals surface area contributed by atoms with Gasteiger partial charge in [0.15, 0.2) is 0 Å². The Labute approximate surface area is 162 Å². The van der Waals surface area contributed by atoms with Gasteiger partial charge in [0.05, 0.1) is 7.11 Å². The zero-order chi connectivity index (χ0) is 20.4. The number of hydrogen-bond donors (Lipinski definition) is 1. The van der Waals surface area contributed by atoms with E-state index in [2.05, 4.69) is 11.8 Å². The van der Waals surface area contributed by atoms with E-state index in [1.165, 1.54) is 6.08 Å². The van der Waals surface area contributed by atoms with Gasteiger partial charge in [-0.05, 0) is 51.8 Å². The van der Waals surface area contributed by atoms with Gasteiger partial charge in [0.25, 0.3) is 0 Å². The Morgan fingerprint density at radius 2 is 2.04 bits per heavy atom. The summed E-state index contributed by atoms with van der Waals surface area (Å²) >= 11 is 0. The highest BCUT2D eigenvalue weighted by atomic mass is 16.6. The molecule has 0 aliphatic rings. The van der Waals surface area contributed by atoms with Crippen LogP contribution in [0.15, 0.2) is 23.8 Å². The van der Waals surface area contributed by atoms with Crippen LogP contribution >= 0.6 is 0 Å². The summed E-state index contributed by atoms with van der Waals surface area (Å²) in [5.74, 6) is -0.0967. The van der Waals surface area contributed by atoms with Crippen molar-refractivity contribution in [3.05, 3.63) is 29.3 Å². The number of carbonyl (C=O) groups is 1. The third-order valence-corrected chi connectivity index (χ3v) is 3.70. The number of esters is 1. The van der Waals surface area contributed by atoms with Crippen molar-refractivity contribution in [2.75, 3.05) is 31.7 Å². The normalized spacial score (nSPS) is 11.7. The van der Waals surface area contributed by atoms with Gasteiger partial charge in [0, 0.05) is 37.0 Å². The zero-order valence-corrected chi connectivity index (χ0v) is 16.9. The fraction of sp³-hybridized carbons (Fsp3) is 0.524. The number of benzene rings is 1. The predicted molar refractivity (Wildman–Crippen MR) is 107 cm³/mol. The molecule has 0 radical (unpaired) electrons. The Hall–Kier alpha value is -2.52. The van der Waals surface area contributed by atoms with Gasteiger partial charge in [-0.3, -0.25) is 0 Å². The number of anilines is 1. The molecule has 0 amide bonds. The van der Waals surface area contributed by atoms with Gasteiger partial charge in [-0.1, -0.05) is 6.92 Å². The molecule has 0 spiro atoms. The Morgan fingerprint density at radius 3 is 2.56 bits per heavy atom. The Morgan fingerprint density at radius 1 is 1.33 bits per heavy atom. The third kappa shape index (κ3) is 7.32. The molecule has 0 aliphatic carbocycles. The first-order valence-electron chi connectivity index (χ1n) is 9.14. The molecule has 6 nitrogen and oxygen atoms in total. The summed E-state index contributed by atoms with van der Waals surface area (Å²) in [5, 5.41) is 18.4. The van der Waals surface area contributed by atoms with Crippen LogP contribution in [0.2, 0.25) is 0 Å². The minimum atomic E-state index is -0.672. The number of rotatable bonds is 9. The summed E-state index contributed by atoms with van der Waals surface area (Å²) in [6.07, 6.45) is 3.14. The summed E-state index contributed by atoms with van der Waals surface area (Å²) < 4.78 is 10.7. The van der Waals surface area contributed by atoms with Crippen molar-refractivity contribution in [2.24, 2.45) is 0 Å². The van der Waals surface area contributed by atoms with Gasteiger partial charge in [-0.25, -0.2) is 4.79 Å². The maximum atomic E-state index is 12.2. The second-order valence-electron chi connectivity index (χ2n) is 7.16. The molecule has 0 atom stereocenters. The molecule has 1 aromatic carbocycles. The fourth-order valence-electron chi connectivity index (χ4n) is 2.54. The van der Waals surface area contributed by atoms with Gasteiger partial charge >= 0.3 is 5.97 Å². The summed E-state index contributed by atoms with van der Waals surface area (Å²) in [6, 6.07) is 7.52. The maximum Gasteiger partial charge on any atom is 0.349 e. The number of carbonyl (C=O) groups excluding carboxylic acids is 1. The van der Waals surface area contributed by atoms with E-state index in [4.69, 9.17) is 14.6 Å². The molecule has 1 rings (SSSR count). The Kier molecular flexibility index (Phi) is 8.83. The summed E-state index contributed by atoms with van der Waals surface area (Å²) in [7, 11) is 1.55. The average molecular weight is 374 g/mol. The van der Waals surface area contributed by atoms with Crippen molar-refractivity contribution in [2.45, 2.75) is 46.1 Å². The molecule has 0 saturated carbocycles. The number of nitrogens with zero attached hydrogens (tertiary/aromatic N) is 2. The molecule has 148 valence electrons. The van der Waals surface area contributed by atoms with E-state index in [1.54, 1.807) is 27.9 Å². The van der Waals surface area contributed by atoms with Crippen molar-refractivity contribution in [3.8, 4) is 11.8 Å². The molecule has 1 aromatic rings. The largest absolute Gasteiger partial charge is 0.496 e. The molecule has 6 heteroatoms. The topological polar surface area (TPSA) is 82.8 Å². The van der Waals surface area contributed by atoms with Crippen LogP contribution in [0.4, 0.5) is 5.69 Å². The quantitative estimate of drug-likeness (QED) is 0.404. The average Bonchev–Trinajstić information content (AvgIpc) is 2.61. The molecule has 0 fully saturated rings. The van der Waals surface area contributed by atoms with E-state index in [0.717, 1.165) is 25.2 Å². The SMILES string of the molecule is CCCN(CCCO)c1ccc(/C=C(\C#N)C(=O)OC(C)(C)C)c(OC)c1. The van der Waals surface area contributed by atoms with Crippen molar-refractivity contribution in [1.29, 1.82) is 5.26 Å². The maximum absolute atomic E-state index is 12.2. The summed E-state index contributed by atoms with van der Waals surface area (Å²) in [6.45, 7) is 9.10. The van der Waals surface area contributed by atoms with Crippen LogP contribution in [0.5, 0.6) is 5.75 Å². The first-order chi connectivity index (χ1) is 12.8. The monoisotopic (exact) mass is 374 g/mol. The second kappa shape index (κ2) is 10.6. The number of aliphatic hydroxyl groups excluding tert-OH is 1. The molecule has 0 aromatic heterocycles. The third-order valence-electron chi connectivity index (χ3n) is 3.70. The minimum absolute atomic E-state index is 0.0818. The van der Waals surface area contributed by atoms with Crippen LogP contribution in [0.25, 0.3) is 6.08 Å². The molecule has 0 bridgehead atoms. The lowest BCUT2D eigenvalue weighted by atomic mass is 10.1. The minimum Gasteiger partial charge on any atom is -0.496 e. The molecule has 0 aliphatic heterocycles. The fourth-order valence-corrected chi connectivity index (χ4v) is 2.54. The van der Waals surface area contributed by atoms with E-state index in [1.807, 2.05) is 24.3 Å². The highest BCUT2D eigenvalue weighted by Gasteiger charge is 2.20. The van der Waals surface area contributed by atoms with Crippen molar-refractivity contribution < 1.29 is 19.4 Å². The van der Waals surface area contributed by atoms with Gasteiger partial charge in [0.2, 0.25) is 0 Å². The molecular formula is C21H30N2O4. The molecule has 0 unspecified atom stereocenters. The second-order valence-corrected chi connectivity index (χ2v) is 7.16. The Bertz CT molecular complexity index is 699. The zero-order valence-electron chi connectivity index (χ0n) is 16.9. The molecule has 0 saturated heterocycles. The lowest BCUT2D eigenvalue weighted by Crippen LogP contribution is -2.26. The highest BCUT2D eigenvalue weighted by Crippen LogP contribution is 2.28. The van der Waals surface area contributed by atoms with E-state index in [9.17, 15) is 10.1 Å². The van der Waals surface area contributed by atoms with Crippen LogP contribution in [-0.2, 0) is 9.53 Å². The lowest BCUT2D eigenvalue weighted by molar-refractivity contribution is -0.149. The van der Waals surface area contributed by atoms with Gasteiger partial charge < -0.3 is 19.5 Å². The Balaban J connectivity index is 3.18. The predicted octanol–water partition coefficient (Wildman–Crippen LogP) is 3.54. The van der Waals surface area contributed by atoms with Crippen LogP contribution in [0.3, 0.4) is 0 Å². The van der Waals surface area contributed by atoms with Crippen LogP contribution in [-0.4, -0.2) is 43.5 Å². The number of ether oxygens (including phenoxy) is 2. The van der Waals surface area contributed by atoms with Gasteiger partial charge in [-0.15, -0.1) is 0 Å².